The summed E-state index contributed by atoms with van der Waals surface area (Å²) in [5.74, 6) is 1.81. The van der Waals surface area contributed by atoms with Crippen molar-refractivity contribution in [1.29, 1.82) is 0 Å². The lowest BCUT2D eigenvalue weighted by Crippen LogP contribution is -2.35. The molecule has 1 unspecified atom stereocenters. The summed E-state index contributed by atoms with van der Waals surface area (Å²) in [4.78, 5) is 12.1. The highest BCUT2D eigenvalue weighted by atomic mass is 32.2. The van der Waals surface area contributed by atoms with Crippen molar-refractivity contribution in [3.8, 4) is 0 Å². The van der Waals surface area contributed by atoms with Crippen LogP contribution in [0.3, 0.4) is 0 Å². The number of aryl methyl sites for hydroxylation is 2. The summed E-state index contributed by atoms with van der Waals surface area (Å²) in [5, 5.41) is 7.19. The van der Waals surface area contributed by atoms with Crippen molar-refractivity contribution < 1.29 is 4.79 Å². The second kappa shape index (κ2) is 6.68. The Labute approximate surface area is 112 Å². The number of nitrogens with two attached hydrogens (primary N) is 1. The van der Waals surface area contributed by atoms with E-state index in [1.807, 2.05) is 13.8 Å². The Bertz CT molecular complexity index is 416. The van der Waals surface area contributed by atoms with Gasteiger partial charge in [0.2, 0.25) is 0 Å². The number of thioether (sulfide) groups is 1. The second-order valence-electron chi connectivity index (χ2n) is 4.22. The molecule has 0 aliphatic rings. The molecule has 0 saturated carbocycles. The van der Waals surface area contributed by atoms with Gasteiger partial charge in [0.1, 0.15) is 5.69 Å². The first-order valence-corrected chi connectivity index (χ1v) is 7.36. The van der Waals surface area contributed by atoms with E-state index in [9.17, 15) is 4.79 Å². The van der Waals surface area contributed by atoms with Gasteiger partial charge in [-0.15, -0.1) is 0 Å². The molecule has 1 heterocycles. The van der Waals surface area contributed by atoms with Crippen molar-refractivity contribution in [2.24, 2.45) is 7.05 Å². The molecule has 0 aliphatic heterocycles. The maximum Gasteiger partial charge on any atom is 0.271 e. The first kappa shape index (κ1) is 14.9. The lowest BCUT2D eigenvalue weighted by molar-refractivity contribution is 0.0935. The van der Waals surface area contributed by atoms with E-state index in [0.717, 1.165) is 23.6 Å². The van der Waals surface area contributed by atoms with Crippen LogP contribution in [0.25, 0.3) is 0 Å². The van der Waals surface area contributed by atoms with Gasteiger partial charge in [0, 0.05) is 18.8 Å². The summed E-state index contributed by atoms with van der Waals surface area (Å²) < 4.78 is 1.56. The molecule has 1 rings (SSSR count). The van der Waals surface area contributed by atoms with Crippen LogP contribution in [0.2, 0.25) is 0 Å². The average Bonchev–Trinajstić information content (AvgIpc) is 2.61. The molecule has 0 fully saturated rings. The van der Waals surface area contributed by atoms with E-state index in [0.29, 0.717) is 11.4 Å². The molecule has 1 amide bonds. The zero-order valence-electron chi connectivity index (χ0n) is 11.5. The molecular formula is C12H22N4OS. The Kier molecular flexibility index (Phi) is 5.53. The summed E-state index contributed by atoms with van der Waals surface area (Å²) in [6.45, 7) is 6.07. The van der Waals surface area contributed by atoms with Crippen LogP contribution in [0.5, 0.6) is 0 Å². The van der Waals surface area contributed by atoms with Crippen molar-refractivity contribution in [3.05, 3.63) is 11.4 Å². The van der Waals surface area contributed by atoms with Gasteiger partial charge < -0.3 is 11.1 Å². The van der Waals surface area contributed by atoms with Crippen molar-refractivity contribution >= 4 is 23.4 Å². The number of nitrogen functional groups attached to an aromatic ring is 1. The summed E-state index contributed by atoms with van der Waals surface area (Å²) in [5.41, 5.74) is 7.67. The normalized spacial score (nSPS) is 12.4. The number of hydrogen-bond donors (Lipinski definition) is 2. The Morgan fingerprint density at radius 1 is 1.56 bits per heavy atom. The maximum atomic E-state index is 12.1. The van der Waals surface area contributed by atoms with Crippen LogP contribution in [0.4, 0.5) is 5.69 Å². The lowest BCUT2D eigenvalue weighted by atomic mass is 10.2. The van der Waals surface area contributed by atoms with Gasteiger partial charge in [-0.1, -0.05) is 13.8 Å². The third-order valence-corrected chi connectivity index (χ3v) is 3.80. The first-order valence-electron chi connectivity index (χ1n) is 6.21. The molecule has 0 aliphatic carbocycles. The van der Waals surface area contributed by atoms with Crippen molar-refractivity contribution in [2.45, 2.75) is 33.2 Å². The van der Waals surface area contributed by atoms with Crippen LogP contribution in [0.1, 0.15) is 37.0 Å². The van der Waals surface area contributed by atoms with Crippen molar-refractivity contribution in [2.75, 3.05) is 17.2 Å². The molecule has 0 aromatic carbocycles. The van der Waals surface area contributed by atoms with E-state index in [4.69, 9.17) is 5.73 Å². The SMILES string of the molecule is CCSCC(C)NC(=O)c1c(N)c(CC)nn1C. The fraction of sp³-hybridized carbons (Fsp3) is 0.667. The van der Waals surface area contributed by atoms with Crippen molar-refractivity contribution in [3.63, 3.8) is 0 Å². The van der Waals surface area contributed by atoms with E-state index < -0.39 is 0 Å². The average molecular weight is 270 g/mol. The van der Waals surface area contributed by atoms with Gasteiger partial charge in [-0.25, -0.2) is 0 Å². The smallest absolute Gasteiger partial charge is 0.271 e. The van der Waals surface area contributed by atoms with Crippen LogP contribution >= 0.6 is 11.8 Å². The van der Waals surface area contributed by atoms with Gasteiger partial charge in [-0.2, -0.15) is 16.9 Å². The number of carbonyl (C=O) groups is 1. The molecule has 6 heteroatoms. The summed E-state index contributed by atoms with van der Waals surface area (Å²) in [6, 6.07) is 0.127. The monoisotopic (exact) mass is 270 g/mol. The number of carbonyl (C=O) groups excluding carboxylic acids is 1. The quantitative estimate of drug-likeness (QED) is 0.820. The summed E-state index contributed by atoms with van der Waals surface area (Å²) in [6.07, 6.45) is 0.730. The molecule has 1 atom stereocenters. The van der Waals surface area contributed by atoms with E-state index in [1.54, 1.807) is 23.5 Å². The largest absolute Gasteiger partial charge is 0.395 e. The second-order valence-corrected chi connectivity index (χ2v) is 5.54. The summed E-state index contributed by atoms with van der Waals surface area (Å²) in [7, 11) is 1.75. The standard InChI is InChI=1S/C12H22N4OS/c1-5-9-10(13)11(16(4)15-9)12(17)14-8(3)7-18-6-2/h8H,5-7,13H2,1-4H3,(H,14,17). The topological polar surface area (TPSA) is 72.9 Å². The highest BCUT2D eigenvalue weighted by Gasteiger charge is 2.20. The predicted octanol–water partition coefficient (Wildman–Crippen LogP) is 1.44. The Morgan fingerprint density at radius 2 is 2.22 bits per heavy atom. The van der Waals surface area contributed by atoms with Crippen LogP contribution in [-0.4, -0.2) is 33.2 Å². The molecule has 0 spiro atoms. The number of nitrogens with one attached hydrogen (secondary N) is 1. The Hall–Kier alpha value is -1.17. The Balaban J connectivity index is 2.75. The van der Waals surface area contributed by atoms with Crippen LogP contribution < -0.4 is 11.1 Å². The number of hydrogen-bond acceptors (Lipinski definition) is 4. The molecule has 18 heavy (non-hydrogen) atoms. The van der Waals surface area contributed by atoms with Crippen molar-refractivity contribution in [1.82, 2.24) is 15.1 Å². The van der Waals surface area contributed by atoms with E-state index in [-0.39, 0.29) is 11.9 Å². The number of rotatable bonds is 6. The zero-order valence-corrected chi connectivity index (χ0v) is 12.3. The van der Waals surface area contributed by atoms with Gasteiger partial charge in [0.25, 0.3) is 5.91 Å². The number of amides is 1. The van der Waals surface area contributed by atoms with E-state index in [1.165, 1.54) is 0 Å². The van der Waals surface area contributed by atoms with Crippen LogP contribution in [-0.2, 0) is 13.5 Å². The molecule has 0 radical (unpaired) electrons. The lowest BCUT2D eigenvalue weighted by Gasteiger charge is -2.13. The maximum absolute atomic E-state index is 12.1. The zero-order chi connectivity index (χ0) is 13.7. The number of aromatic nitrogens is 2. The fourth-order valence-electron chi connectivity index (χ4n) is 1.75. The van der Waals surface area contributed by atoms with Crippen LogP contribution in [0, 0.1) is 0 Å². The highest BCUT2D eigenvalue weighted by molar-refractivity contribution is 7.99. The molecule has 3 N–H and O–H groups in total. The fourth-order valence-corrected chi connectivity index (χ4v) is 2.43. The number of anilines is 1. The first-order chi connectivity index (χ1) is 8.51. The molecule has 1 aromatic rings. The minimum Gasteiger partial charge on any atom is -0.395 e. The molecule has 0 saturated heterocycles. The molecular weight excluding hydrogens is 248 g/mol. The molecule has 0 bridgehead atoms. The van der Waals surface area contributed by atoms with Gasteiger partial charge in [-0.3, -0.25) is 9.48 Å². The minimum absolute atomic E-state index is 0.127. The van der Waals surface area contributed by atoms with E-state index >= 15 is 0 Å². The third-order valence-electron chi connectivity index (χ3n) is 2.66. The third kappa shape index (κ3) is 3.41. The molecule has 102 valence electrons. The van der Waals surface area contributed by atoms with Gasteiger partial charge in [0.15, 0.2) is 0 Å². The summed E-state index contributed by atoms with van der Waals surface area (Å²) >= 11 is 1.80. The Morgan fingerprint density at radius 3 is 2.72 bits per heavy atom. The van der Waals surface area contributed by atoms with Crippen LogP contribution in [0.15, 0.2) is 0 Å². The van der Waals surface area contributed by atoms with Gasteiger partial charge in [-0.05, 0) is 19.1 Å². The number of nitrogens with zero attached hydrogens (tertiary/aromatic N) is 2. The van der Waals surface area contributed by atoms with Gasteiger partial charge >= 0.3 is 0 Å². The van der Waals surface area contributed by atoms with E-state index in [2.05, 4.69) is 17.3 Å². The minimum atomic E-state index is -0.147. The molecule has 5 nitrogen and oxygen atoms in total. The van der Waals surface area contributed by atoms with Gasteiger partial charge in [0.05, 0.1) is 11.4 Å². The highest BCUT2D eigenvalue weighted by Crippen LogP contribution is 2.17. The predicted molar refractivity (Wildman–Crippen MR) is 76.9 cm³/mol. The molecule has 1 aromatic heterocycles.